The van der Waals surface area contributed by atoms with Crippen LogP contribution in [0.4, 0.5) is 5.69 Å². The van der Waals surface area contributed by atoms with E-state index in [9.17, 15) is 8.42 Å². The molecule has 0 aromatic heterocycles. The summed E-state index contributed by atoms with van der Waals surface area (Å²) >= 11 is 9.27. The fraction of sp³-hybridized carbons (Fsp3) is 0.0526. The highest BCUT2D eigenvalue weighted by Crippen LogP contribution is 2.28. The summed E-state index contributed by atoms with van der Waals surface area (Å²) < 4.78 is 28.7. The van der Waals surface area contributed by atoms with E-state index in [4.69, 9.17) is 11.6 Å². The molecule has 3 rings (SSSR count). The molecular formula is C19H15BrClNO2S. The molecule has 3 aromatic carbocycles. The molecule has 0 aliphatic rings. The average Bonchev–Trinajstić information content (AvgIpc) is 2.62. The molecule has 0 heterocycles. The van der Waals surface area contributed by atoms with Gasteiger partial charge < -0.3 is 0 Å². The minimum absolute atomic E-state index is 0.204. The van der Waals surface area contributed by atoms with Gasteiger partial charge in [-0.3, -0.25) is 4.31 Å². The third-order valence-corrected chi connectivity index (χ3v) is 6.25. The minimum atomic E-state index is -3.72. The highest BCUT2D eigenvalue weighted by atomic mass is 79.9. The zero-order valence-electron chi connectivity index (χ0n) is 13.1. The summed E-state index contributed by atoms with van der Waals surface area (Å²) in [6.07, 6.45) is 0. The molecule has 0 saturated carbocycles. The van der Waals surface area contributed by atoms with Crippen LogP contribution >= 0.6 is 27.5 Å². The van der Waals surface area contributed by atoms with Gasteiger partial charge in [0.2, 0.25) is 0 Å². The van der Waals surface area contributed by atoms with E-state index < -0.39 is 10.0 Å². The number of hydrogen-bond donors (Lipinski definition) is 0. The highest BCUT2D eigenvalue weighted by molar-refractivity contribution is 9.10. The minimum Gasteiger partial charge on any atom is -0.262 e. The molecule has 3 nitrogen and oxygen atoms in total. The molecule has 0 aliphatic heterocycles. The van der Waals surface area contributed by atoms with Crippen molar-refractivity contribution in [1.29, 1.82) is 0 Å². The van der Waals surface area contributed by atoms with Gasteiger partial charge >= 0.3 is 0 Å². The summed E-state index contributed by atoms with van der Waals surface area (Å²) in [5.74, 6) is 0. The summed E-state index contributed by atoms with van der Waals surface area (Å²) in [5, 5.41) is 0.497. The SMILES string of the molecule is O=S(=O)(c1ccc(Cl)cc1)N(Cc1ccccc1)c1ccc(Br)cc1. The number of hydrogen-bond acceptors (Lipinski definition) is 2. The molecule has 6 heteroatoms. The number of benzene rings is 3. The molecule has 0 amide bonds. The molecule has 0 spiro atoms. The Morgan fingerprint density at radius 1 is 0.840 bits per heavy atom. The first-order valence-corrected chi connectivity index (χ1v) is 10.2. The van der Waals surface area contributed by atoms with Crippen LogP contribution in [0.15, 0.2) is 88.2 Å². The molecule has 0 saturated heterocycles. The topological polar surface area (TPSA) is 37.4 Å². The van der Waals surface area contributed by atoms with Gasteiger partial charge in [0.1, 0.15) is 0 Å². The molecular weight excluding hydrogens is 422 g/mol. The molecule has 0 fully saturated rings. The predicted molar refractivity (Wildman–Crippen MR) is 105 cm³/mol. The predicted octanol–water partition coefficient (Wildman–Crippen LogP) is 5.50. The van der Waals surface area contributed by atoms with Crippen LogP contribution in [0.1, 0.15) is 5.56 Å². The van der Waals surface area contributed by atoms with Gasteiger partial charge in [0.25, 0.3) is 10.0 Å². The van der Waals surface area contributed by atoms with Crippen molar-refractivity contribution in [2.24, 2.45) is 0 Å². The lowest BCUT2D eigenvalue weighted by Gasteiger charge is -2.25. The second-order valence-corrected chi connectivity index (χ2v) is 8.64. The Kier molecular flexibility index (Phi) is 5.47. The van der Waals surface area contributed by atoms with Crippen molar-refractivity contribution < 1.29 is 8.42 Å². The molecule has 0 atom stereocenters. The van der Waals surface area contributed by atoms with Crippen molar-refractivity contribution in [3.8, 4) is 0 Å². The van der Waals surface area contributed by atoms with E-state index in [0.717, 1.165) is 10.0 Å². The molecule has 3 aromatic rings. The van der Waals surface area contributed by atoms with Crippen LogP contribution in [0.2, 0.25) is 5.02 Å². The van der Waals surface area contributed by atoms with Gasteiger partial charge in [-0.05, 0) is 54.1 Å². The van der Waals surface area contributed by atoms with Crippen LogP contribution < -0.4 is 4.31 Å². The third kappa shape index (κ3) is 4.24. The Morgan fingerprint density at radius 2 is 1.44 bits per heavy atom. The molecule has 0 aliphatic carbocycles. The van der Waals surface area contributed by atoms with Crippen LogP contribution in [0.3, 0.4) is 0 Å². The Hall–Kier alpha value is -1.82. The lowest BCUT2D eigenvalue weighted by molar-refractivity contribution is 0.590. The smallest absolute Gasteiger partial charge is 0.262 e. The van der Waals surface area contributed by atoms with Gasteiger partial charge in [-0.25, -0.2) is 8.42 Å². The second kappa shape index (κ2) is 7.60. The molecule has 0 bridgehead atoms. The normalized spacial score (nSPS) is 11.3. The van der Waals surface area contributed by atoms with Crippen LogP contribution in [0, 0.1) is 0 Å². The van der Waals surface area contributed by atoms with Gasteiger partial charge in [0.15, 0.2) is 0 Å². The van der Waals surface area contributed by atoms with Crippen LogP contribution in [-0.2, 0) is 16.6 Å². The van der Waals surface area contributed by atoms with Crippen molar-refractivity contribution in [3.63, 3.8) is 0 Å². The lowest BCUT2D eigenvalue weighted by Crippen LogP contribution is -2.30. The van der Waals surface area contributed by atoms with Crippen molar-refractivity contribution >= 4 is 43.2 Å². The largest absolute Gasteiger partial charge is 0.264 e. The maximum absolute atomic E-state index is 13.2. The first kappa shape index (κ1) is 18.0. The zero-order chi connectivity index (χ0) is 17.9. The van der Waals surface area contributed by atoms with E-state index >= 15 is 0 Å². The van der Waals surface area contributed by atoms with Crippen molar-refractivity contribution in [2.75, 3.05) is 4.31 Å². The van der Waals surface area contributed by atoms with E-state index in [1.165, 1.54) is 16.4 Å². The summed E-state index contributed by atoms with van der Waals surface area (Å²) in [7, 11) is -3.72. The van der Waals surface area contributed by atoms with Crippen LogP contribution in [0.25, 0.3) is 0 Å². The molecule has 128 valence electrons. The quantitative estimate of drug-likeness (QED) is 0.530. The number of sulfonamides is 1. The number of nitrogens with zero attached hydrogens (tertiary/aromatic N) is 1. The van der Waals surface area contributed by atoms with Crippen molar-refractivity contribution in [3.05, 3.63) is 93.9 Å². The Labute approximate surface area is 161 Å². The van der Waals surface area contributed by atoms with Gasteiger partial charge in [-0.15, -0.1) is 0 Å². The van der Waals surface area contributed by atoms with E-state index in [-0.39, 0.29) is 11.4 Å². The van der Waals surface area contributed by atoms with Crippen LogP contribution in [-0.4, -0.2) is 8.42 Å². The highest BCUT2D eigenvalue weighted by Gasteiger charge is 2.25. The standard InChI is InChI=1S/C19H15BrClNO2S/c20-16-6-10-18(11-7-16)22(14-15-4-2-1-3-5-15)25(23,24)19-12-8-17(21)9-13-19/h1-13H,14H2. The molecule has 25 heavy (non-hydrogen) atoms. The third-order valence-electron chi connectivity index (χ3n) is 3.69. The number of anilines is 1. The van der Waals surface area contributed by atoms with Gasteiger partial charge in [0.05, 0.1) is 17.1 Å². The van der Waals surface area contributed by atoms with E-state index in [1.807, 2.05) is 42.5 Å². The Bertz CT molecular complexity index is 943. The molecule has 0 N–H and O–H groups in total. The number of rotatable bonds is 5. The Balaban J connectivity index is 2.06. The summed E-state index contributed by atoms with van der Waals surface area (Å²) in [4.78, 5) is 0.204. The fourth-order valence-electron chi connectivity index (χ4n) is 2.41. The Morgan fingerprint density at radius 3 is 2.04 bits per heavy atom. The molecule has 0 radical (unpaired) electrons. The van der Waals surface area contributed by atoms with Crippen LogP contribution in [0.5, 0.6) is 0 Å². The van der Waals surface area contributed by atoms with E-state index in [1.54, 1.807) is 24.3 Å². The molecule has 0 unspecified atom stereocenters. The summed E-state index contributed by atoms with van der Waals surface area (Å²) in [6.45, 7) is 0.243. The van der Waals surface area contributed by atoms with Gasteiger partial charge in [-0.2, -0.15) is 0 Å². The first-order valence-electron chi connectivity index (χ1n) is 7.54. The summed E-state index contributed by atoms with van der Waals surface area (Å²) in [5.41, 5.74) is 1.50. The van der Waals surface area contributed by atoms with Crippen molar-refractivity contribution in [2.45, 2.75) is 11.4 Å². The zero-order valence-corrected chi connectivity index (χ0v) is 16.3. The lowest BCUT2D eigenvalue weighted by atomic mass is 10.2. The maximum Gasteiger partial charge on any atom is 0.264 e. The maximum atomic E-state index is 13.2. The van der Waals surface area contributed by atoms with Gasteiger partial charge in [0, 0.05) is 9.50 Å². The second-order valence-electron chi connectivity index (χ2n) is 5.43. The monoisotopic (exact) mass is 435 g/mol. The fourth-order valence-corrected chi connectivity index (χ4v) is 4.25. The van der Waals surface area contributed by atoms with Crippen molar-refractivity contribution in [1.82, 2.24) is 0 Å². The average molecular weight is 437 g/mol. The first-order chi connectivity index (χ1) is 12.0. The van der Waals surface area contributed by atoms with Gasteiger partial charge in [-0.1, -0.05) is 57.9 Å². The van der Waals surface area contributed by atoms with E-state index in [0.29, 0.717) is 10.7 Å². The summed E-state index contributed by atoms with van der Waals surface area (Å²) in [6, 6.07) is 22.9. The van der Waals surface area contributed by atoms with E-state index in [2.05, 4.69) is 15.9 Å². The number of halogens is 2.